The van der Waals surface area contributed by atoms with E-state index in [1.54, 1.807) is 0 Å². The van der Waals surface area contributed by atoms with Crippen molar-refractivity contribution in [1.29, 1.82) is 0 Å². The largest absolute Gasteiger partial charge is 0.394 e. The molecule has 0 spiro atoms. The van der Waals surface area contributed by atoms with Gasteiger partial charge in [-0.25, -0.2) is 0 Å². The van der Waals surface area contributed by atoms with Crippen LogP contribution in [0.1, 0.15) is 46.5 Å². The van der Waals surface area contributed by atoms with Gasteiger partial charge in [0.05, 0.1) is 6.61 Å². The molecule has 4 nitrogen and oxygen atoms in total. The minimum Gasteiger partial charge on any atom is -0.394 e. The average molecular weight is 285 g/mol. The molecule has 0 amide bonds. The van der Waals surface area contributed by atoms with Gasteiger partial charge in [-0.15, -0.1) is 0 Å². The van der Waals surface area contributed by atoms with Gasteiger partial charge >= 0.3 is 0 Å². The standard InChI is InChI=1S/C16H35N3O/c1-6-17-16(13-20)10-8-9-15(11-16)19(7-2)14(3)12-18(4)5/h14-15,17,20H,6-13H2,1-5H3. The van der Waals surface area contributed by atoms with Gasteiger partial charge in [-0.2, -0.15) is 0 Å². The van der Waals surface area contributed by atoms with E-state index in [-0.39, 0.29) is 12.1 Å². The lowest BCUT2D eigenvalue weighted by molar-refractivity contribution is 0.0398. The Bertz CT molecular complexity index is 268. The predicted octanol–water partition coefficient (Wildman–Crippen LogP) is 1.54. The molecule has 1 rings (SSSR count). The Kier molecular flexibility index (Phi) is 7.45. The quantitative estimate of drug-likeness (QED) is 0.710. The number of aliphatic hydroxyl groups excluding tert-OH is 1. The number of hydrogen-bond donors (Lipinski definition) is 2. The van der Waals surface area contributed by atoms with Crippen molar-refractivity contribution in [3.8, 4) is 0 Å². The monoisotopic (exact) mass is 285 g/mol. The van der Waals surface area contributed by atoms with Crippen molar-refractivity contribution in [3.05, 3.63) is 0 Å². The predicted molar refractivity (Wildman–Crippen MR) is 86.1 cm³/mol. The zero-order valence-corrected chi connectivity index (χ0v) is 14.2. The molecular formula is C16H35N3O. The minimum atomic E-state index is -0.0527. The molecule has 1 aliphatic rings. The number of nitrogens with zero attached hydrogens (tertiary/aromatic N) is 2. The maximum atomic E-state index is 9.84. The topological polar surface area (TPSA) is 38.7 Å². The van der Waals surface area contributed by atoms with Crippen LogP contribution in [0.5, 0.6) is 0 Å². The highest BCUT2D eigenvalue weighted by Gasteiger charge is 2.38. The fraction of sp³-hybridized carbons (Fsp3) is 1.00. The molecule has 3 unspecified atom stereocenters. The zero-order valence-electron chi connectivity index (χ0n) is 14.2. The normalized spacial score (nSPS) is 29.1. The minimum absolute atomic E-state index is 0.0527. The lowest BCUT2D eigenvalue weighted by Gasteiger charge is -2.46. The van der Waals surface area contributed by atoms with E-state index in [1.807, 2.05) is 0 Å². The Hall–Kier alpha value is -0.160. The molecule has 0 bridgehead atoms. The van der Waals surface area contributed by atoms with E-state index >= 15 is 0 Å². The maximum absolute atomic E-state index is 9.84. The molecule has 1 saturated carbocycles. The molecule has 2 N–H and O–H groups in total. The van der Waals surface area contributed by atoms with E-state index in [0.29, 0.717) is 12.1 Å². The second kappa shape index (κ2) is 8.32. The van der Waals surface area contributed by atoms with Gasteiger partial charge in [0.1, 0.15) is 0 Å². The first-order chi connectivity index (χ1) is 9.48. The molecule has 0 saturated heterocycles. The van der Waals surface area contributed by atoms with E-state index in [0.717, 1.165) is 32.5 Å². The molecule has 0 aromatic heterocycles. The summed E-state index contributed by atoms with van der Waals surface area (Å²) in [4.78, 5) is 4.89. The van der Waals surface area contributed by atoms with Crippen molar-refractivity contribution in [2.45, 2.75) is 64.1 Å². The third kappa shape index (κ3) is 4.69. The van der Waals surface area contributed by atoms with Gasteiger partial charge in [0.15, 0.2) is 0 Å². The first-order valence-corrected chi connectivity index (χ1v) is 8.24. The van der Waals surface area contributed by atoms with Crippen molar-refractivity contribution in [1.82, 2.24) is 15.1 Å². The molecular weight excluding hydrogens is 250 g/mol. The average Bonchev–Trinajstić information content (AvgIpc) is 2.39. The molecule has 120 valence electrons. The summed E-state index contributed by atoms with van der Waals surface area (Å²) in [6.45, 7) is 10.1. The third-order valence-corrected chi connectivity index (χ3v) is 4.70. The highest BCUT2D eigenvalue weighted by Crippen LogP contribution is 2.32. The van der Waals surface area contributed by atoms with Crippen LogP contribution in [-0.2, 0) is 0 Å². The molecule has 1 fully saturated rings. The van der Waals surface area contributed by atoms with E-state index in [1.165, 1.54) is 12.8 Å². The van der Waals surface area contributed by atoms with E-state index in [4.69, 9.17) is 0 Å². The van der Waals surface area contributed by atoms with Crippen LogP contribution < -0.4 is 5.32 Å². The van der Waals surface area contributed by atoms with Gasteiger partial charge in [-0.3, -0.25) is 4.90 Å². The summed E-state index contributed by atoms with van der Waals surface area (Å²) in [5.41, 5.74) is -0.0527. The summed E-state index contributed by atoms with van der Waals surface area (Å²) in [5, 5.41) is 13.4. The second-order valence-corrected chi connectivity index (χ2v) is 6.66. The molecule has 0 heterocycles. The number of likely N-dealkylation sites (N-methyl/N-ethyl adjacent to an activating group) is 3. The molecule has 0 radical (unpaired) electrons. The van der Waals surface area contributed by atoms with Crippen LogP contribution in [0.15, 0.2) is 0 Å². The van der Waals surface area contributed by atoms with Crippen molar-refractivity contribution < 1.29 is 5.11 Å². The summed E-state index contributed by atoms with van der Waals surface area (Å²) < 4.78 is 0. The van der Waals surface area contributed by atoms with Crippen LogP contribution in [0.2, 0.25) is 0 Å². The Morgan fingerprint density at radius 2 is 2.05 bits per heavy atom. The van der Waals surface area contributed by atoms with Gasteiger partial charge in [-0.05, 0) is 59.8 Å². The van der Waals surface area contributed by atoms with Gasteiger partial charge in [0.2, 0.25) is 0 Å². The van der Waals surface area contributed by atoms with Gasteiger partial charge in [-0.1, -0.05) is 13.8 Å². The van der Waals surface area contributed by atoms with Crippen LogP contribution >= 0.6 is 0 Å². The SMILES string of the molecule is CCNC1(CO)CCCC(N(CC)C(C)CN(C)C)C1. The third-order valence-electron chi connectivity index (χ3n) is 4.70. The molecule has 0 aliphatic heterocycles. The van der Waals surface area contributed by atoms with E-state index < -0.39 is 0 Å². The second-order valence-electron chi connectivity index (χ2n) is 6.66. The zero-order chi connectivity index (χ0) is 15.2. The Morgan fingerprint density at radius 3 is 2.55 bits per heavy atom. The molecule has 1 aliphatic carbocycles. The summed E-state index contributed by atoms with van der Waals surface area (Å²) in [6.07, 6.45) is 4.65. The summed E-state index contributed by atoms with van der Waals surface area (Å²) in [5.74, 6) is 0. The first-order valence-electron chi connectivity index (χ1n) is 8.24. The molecule has 20 heavy (non-hydrogen) atoms. The number of rotatable bonds is 8. The van der Waals surface area contributed by atoms with E-state index in [2.05, 4.69) is 50.0 Å². The van der Waals surface area contributed by atoms with Crippen LogP contribution in [0.4, 0.5) is 0 Å². The summed E-state index contributed by atoms with van der Waals surface area (Å²) >= 11 is 0. The van der Waals surface area contributed by atoms with Crippen molar-refractivity contribution in [2.24, 2.45) is 0 Å². The van der Waals surface area contributed by atoms with Crippen molar-refractivity contribution in [3.63, 3.8) is 0 Å². The lowest BCUT2D eigenvalue weighted by Crippen LogP contribution is -2.57. The van der Waals surface area contributed by atoms with Crippen molar-refractivity contribution >= 4 is 0 Å². The van der Waals surface area contributed by atoms with Crippen LogP contribution in [-0.4, -0.2) is 72.9 Å². The Balaban J connectivity index is 2.72. The summed E-state index contributed by atoms with van der Waals surface area (Å²) in [7, 11) is 4.28. The molecule has 4 heteroatoms. The van der Waals surface area contributed by atoms with Gasteiger partial charge < -0.3 is 15.3 Å². The smallest absolute Gasteiger partial charge is 0.0613 e. The fourth-order valence-electron chi connectivity index (χ4n) is 3.91. The van der Waals surface area contributed by atoms with Gasteiger partial charge in [0.25, 0.3) is 0 Å². The Labute approximate surface area is 125 Å². The maximum Gasteiger partial charge on any atom is 0.0613 e. The van der Waals surface area contributed by atoms with Crippen LogP contribution in [0.3, 0.4) is 0 Å². The highest BCUT2D eigenvalue weighted by atomic mass is 16.3. The number of nitrogens with one attached hydrogen (secondary N) is 1. The lowest BCUT2D eigenvalue weighted by atomic mass is 9.78. The fourth-order valence-corrected chi connectivity index (χ4v) is 3.91. The summed E-state index contributed by atoms with van der Waals surface area (Å²) in [6, 6.07) is 1.16. The Morgan fingerprint density at radius 1 is 1.35 bits per heavy atom. The first kappa shape index (κ1) is 17.9. The van der Waals surface area contributed by atoms with Crippen LogP contribution in [0.25, 0.3) is 0 Å². The van der Waals surface area contributed by atoms with Gasteiger partial charge in [0, 0.05) is 24.2 Å². The molecule has 0 aromatic rings. The van der Waals surface area contributed by atoms with Crippen LogP contribution in [0, 0.1) is 0 Å². The molecule has 3 atom stereocenters. The number of aliphatic hydroxyl groups is 1. The highest BCUT2D eigenvalue weighted by molar-refractivity contribution is 4.97. The van der Waals surface area contributed by atoms with Crippen molar-refractivity contribution in [2.75, 3.05) is 40.3 Å². The van der Waals surface area contributed by atoms with E-state index in [9.17, 15) is 5.11 Å². The number of hydrogen-bond acceptors (Lipinski definition) is 4. The molecule has 0 aromatic carbocycles.